The first-order valence-corrected chi connectivity index (χ1v) is 9.24. The second-order valence-electron chi connectivity index (χ2n) is 6.31. The molecular weight excluding hydrogens is 326 g/mol. The molecule has 0 amide bonds. The van der Waals surface area contributed by atoms with Crippen LogP contribution in [0.3, 0.4) is 0 Å². The Bertz CT molecular complexity index is 713. The molecule has 1 fully saturated rings. The Morgan fingerprint density at radius 3 is 2.83 bits per heavy atom. The van der Waals surface area contributed by atoms with Crippen molar-refractivity contribution in [2.24, 2.45) is 0 Å². The molecule has 0 bridgehead atoms. The van der Waals surface area contributed by atoms with Gasteiger partial charge >= 0.3 is 0 Å². The highest BCUT2D eigenvalue weighted by molar-refractivity contribution is 7.99. The Kier molecular flexibility index (Phi) is 4.33. The number of halogens is 1. The minimum atomic E-state index is 0.385. The number of rotatable bonds is 1. The lowest BCUT2D eigenvalue weighted by atomic mass is 9.97. The van der Waals surface area contributed by atoms with Crippen molar-refractivity contribution in [1.82, 2.24) is 14.8 Å². The maximum atomic E-state index is 6.32. The van der Waals surface area contributed by atoms with Crippen molar-refractivity contribution in [1.29, 1.82) is 0 Å². The second kappa shape index (κ2) is 6.44. The van der Waals surface area contributed by atoms with E-state index in [1.807, 2.05) is 18.3 Å². The van der Waals surface area contributed by atoms with E-state index in [1.165, 1.54) is 16.0 Å². The predicted octanol–water partition coefficient (Wildman–Crippen LogP) is 3.73. The third-order valence-corrected chi connectivity index (χ3v) is 6.17. The highest BCUT2D eigenvalue weighted by atomic mass is 35.5. The van der Waals surface area contributed by atoms with Gasteiger partial charge in [0, 0.05) is 48.3 Å². The second-order valence-corrected chi connectivity index (χ2v) is 7.78. The van der Waals surface area contributed by atoms with Crippen LogP contribution < -0.4 is 0 Å². The average Bonchev–Trinajstić information content (AvgIpc) is 2.72. The van der Waals surface area contributed by atoms with Crippen LogP contribution in [-0.2, 0) is 6.42 Å². The molecule has 120 valence electrons. The Balaban J connectivity index is 1.76. The van der Waals surface area contributed by atoms with Crippen LogP contribution in [0.2, 0.25) is 5.02 Å². The van der Waals surface area contributed by atoms with E-state index in [0.717, 1.165) is 42.6 Å². The number of piperazine rings is 1. The Labute approximate surface area is 146 Å². The largest absolute Gasteiger partial charge is 0.304 e. The summed E-state index contributed by atoms with van der Waals surface area (Å²) in [5.41, 5.74) is 2.69. The fourth-order valence-corrected chi connectivity index (χ4v) is 4.66. The van der Waals surface area contributed by atoms with Gasteiger partial charge < -0.3 is 4.90 Å². The van der Waals surface area contributed by atoms with Crippen molar-refractivity contribution in [3.05, 3.63) is 52.7 Å². The van der Waals surface area contributed by atoms with Gasteiger partial charge in [0.05, 0.1) is 0 Å². The number of nitrogens with zero attached hydrogens (tertiary/aromatic N) is 3. The smallest absolute Gasteiger partial charge is 0.104 e. The SMILES string of the molecule is CN1CCN(C2Cc3cccnc3Sc3ccc(Cl)cc32)CC1. The fraction of sp³-hybridized carbons (Fsp3) is 0.389. The predicted molar refractivity (Wildman–Crippen MR) is 95.3 cm³/mol. The lowest BCUT2D eigenvalue weighted by Crippen LogP contribution is -2.46. The van der Waals surface area contributed by atoms with E-state index in [-0.39, 0.29) is 0 Å². The Morgan fingerprint density at radius 2 is 2.00 bits per heavy atom. The quantitative estimate of drug-likeness (QED) is 0.784. The highest BCUT2D eigenvalue weighted by Gasteiger charge is 2.29. The topological polar surface area (TPSA) is 19.4 Å². The first-order chi connectivity index (χ1) is 11.2. The lowest BCUT2D eigenvalue weighted by molar-refractivity contribution is 0.110. The van der Waals surface area contributed by atoms with Crippen LogP contribution in [0.15, 0.2) is 46.5 Å². The molecule has 1 aromatic heterocycles. The first-order valence-electron chi connectivity index (χ1n) is 8.04. The third kappa shape index (κ3) is 3.13. The number of fused-ring (bicyclic) bond motifs is 2. The number of pyridine rings is 1. The molecule has 0 N–H and O–H groups in total. The molecule has 3 nitrogen and oxygen atoms in total. The monoisotopic (exact) mass is 345 g/mol. The molecular formula is C18H20ClN3S. The van der Waals surface area contributed by atoms with Gasteiger partial charge in [-0.05, 0) is 48.9 Å². The highest BCUT2D eigenvalue weighted by Crippen LogP contribution is 2.42. The molecule has 0 spiro atoms. The van der Waals surface area contributed by atoms with Crippen molar-refractivity contribution in [2.45, 2.75) is 22.4 Å². The third-order valence-electron chi connectivity index (χ3n) is 4.78. The van der Waals surface area contributed by atoms with E-state index in [2.05, 4.69) is 40.0 Å². The van der Waals surface area contributed by atoms with Crippen LogP contribution in [0.1, 0.15) is 17.2 Å². The normalized spacial score (nSPS) is 22.3. The number of likely N-dealkylation sites (N-methyl/N-ethyl adjacent to an activating group) is 1. The van der Waals surface area contributed by atoms with E-state index in [4.69, 9.17) is 11.6 Å². The van der Waals surface area contributed by atoms with Crippen LogP contribution in [0.4, 0.5) is 0 Å². The van der Waals surface area contributed by atoms with Gasteiger partial charge in [-0.1, -0.05) is 29.4 Å². The van der Waals surface area contributed by atoms with Gasteiger partial charge in [0.1, 0.15) is 5.03 Å². The summed E-state index contributed by atoms with van der Waals surface area (Å²) in [6.45, 7) is 4.46. The number of benzene rings is 1. The summed E-state index contributed by atoms with van der Waals surface area (Å²) < 4.78 is 0. The zero-order valence-corrected chi connectivity index (χ0v) is 14.8. The van der Waals surface area contributed by atoms with Crippen molar-refractivity contribution >= 4 is 23.4 Å². The minimum absolute atomic E-state index is 0.385. The van der Waals surface area contributed by atoms with Gasteiger partial charge in [-0.2, -0.15) is 0 Å². The number of aromatic nitrogens is 1. The van der Waals surface area contributed by atoms with Crippen LogP contribution in [0, 0.1) is 0 Å². The molecule has 2 aliphatic rings. The number of hydrogen-bond acceptors (Lipinski definition) is 4. The average molecular weight is 346 g/mol. The molecule has 3 heterocycles. The Morgan fingerprint density at radius 1 is 1.17 bits per heavy atom. The van der Waals surface area contributed by atoms with E-state index < -0.39 is 0 Å². The van der Waals surface area contributed by atoms with Gasteiger partial charge in [0.2, 0.25) is 0 Å². The standard InChI is InChI=1S/C18H20ClN3S/c1-21-7-9-22(10-8-21)16-11-13-3-2-6-20-18(13)23-17-5-4-14(19)12-15(16)17/h2-6,12,16H,7-11H2,1H3. The molecule has 2 aromatic rings. The van der Waals surface area contributed by atoms with E-state index in [0.29, 0.717) is 6.04 Å². The van der Waals surface area contributed by atoms with Crippen molar-refractivity contribution < 1.29 is 0 Å². The first kappa shape index (κ1) is 15.5. The summed E-state index contributed by atoms with van der Waals surface area (Å²) in [6.07, 6.45) is 2.89. The zero-order valence-electron chi connectivity index (χ0n) is 13.2. The molecule has 1 atom stereocenters. The van der Waals surface area contributed by atoms with E-state index >= 15 is 0 Å². The van der Waals surface area contributed by atoms with Crippen molar-refractivity contribution in [3.8, 4) is 0 Å². The maximum absolute atomic E-state index is 6.32. The van der Waals surface area contributed by atoms with Crippen LogP contribution in [0.25, 0.3) is 0 Å². The van der Waals surface area contributed by atoms with Gasteiger partial charge in [-0.25, -0.2) is 4.98 Å². The van der Waals surface area contributed by atoms with E-state index in [9.17, 15) is 0 Å². The molecule has 4 rings (SSSR count). The van der Waals surface area contributed by atoms with E-state index in [1.54, 1.807) is 11.8 Å². The molecule has 0 radical (unpaired) electrons. The number of hydrogen-bond donors (Lipinski definition) is 0. The van der Waals surface area contributed by atoms with Gasteiger partial charge in [-0.15, -0.1) is 0 Å². The van der Waals surface area contributed by atoms with Gasteiger partial charge in [-0.3, -0.25) is 4.90 Å². The summed E-state index contributed by atoms with van der Waals surface area (Å²) in [5.74, 6) is 0. The zero-order chi connectivity index (χ0) is 15.8. The summed E-state index contributed by atoms with van der Waals surface area (Å²) in [4.78, 5) is 10.9. The van der Waals surface area contributed by atoms with Gasteiger partial charge in [0.15, 0.2) is 0 Å². The summed E-state index contributed by atoms with van der Waals surface area (Å²) in [5, 5.41) is 1.95. The molecule has 23 heavy (non-hydrogen) atoms. The molecule has 1 saturated heterocycles. The maximum Gasteiger partial charge on any atom is 0.104 e. The Hall–Kier alpha value is -1.07. The molecule has 1 aromatic carbocycles. The summed E-state index contributed by atoms with van der Waals surface area (Å²) >= 11 is 8.09. The molecule has 1 unspecified atom stereocenters. The van der Waals surface area contributed by atoms with Gasteiger partial charge in [0.25, 0.3) is 0 Å². The lowest BCUT2D eigenvalue weighted by Gasteiger charge is -2.38. The van der Waals surface area contributed by atoms with Crippen LogP contribution in [-0.4, -0.2) is 48.0 Å². The van der Waals surface area contributed by atoms with Crippen LogP contribution in [0.5, 0.6) is 0 Å². The molecule has 0 aliphatic carbocycles. The molecule has 2 aliphatic heterocycles. The molecule has 5 heteroatoms. The van der Waals surface area contributed by atoms with Crippen molar-refractivity contribution in [2.75, 3.05) is 33.2 Å². The molecule has 0 saturated carbocycles. The van der Waals surface area contributed by atoms with Crippen molar-refractivity contribution in [3.63, 3.8) is 0 Å². The summed E-state index contributed by atoms with van der Waals surface area (Å²) in [7, 11) is 2.20. The van der Waals surface area contributed by atoms with Crippen LogP contribution >= 0.6 is 23.4 Å². The fourth-order valence-electron chi connectivity index (χ4n) is 3.43. The minimum Gasteiger partial charge on any atom is -0.304 e. The summed E-state index contributed by atoms with van der Waals surface area (Å²) in [6, 6.07) is 10.9.